The van der Waals surface area contributed by atoms with Crippen LogP contribution in [0.5, 0.6) is 34.5 Å². The normalized spacial score (nSPS) is 23.5. The van der Waals surface area contributed by atoms with Crippen molar-refractivity contribution < 1.29 is 44.5 Å². The Bertz CT molecular complexity index is 1350. The third-order valence-electron chi connectivity index (χ3n) is 8.17. The van der Waals surface area contributed by atoms with E-state index in [9.17, 15) is 25.5 Å². The maximum absolute atomic E-state index is 10.7. The number of phenolic OH excluding ortho intramolecular Hbond substituents is 2. The highest BCUT2D eigenvalue weighted by Crippen LogP contribution is 2.58. The van der Waals surface area contributed by atoms with E-state index in [0.29, 0.717) is 29.2 Å². The number of phenols is 2. The lowest BCUT2D eigenvalue weighted by atomic mass is 9.64. The van der Waals surface area contributed by atoms with Gasteiger partial charge >= 0.3 is 0 Å². The summed E-state index contributed by atoms with van der Waals surface area (Å²) >= 11 is 0. The van der Waals surface area contributed by atoms with E-state index in [1.807, 2.05) is 6.07 Å². The molecule has 0 unspecified atom stereocenters. The van der Waals surface area contributed by atoms with Crippen molar-refractivity contribution in [3.63, 3.8) is 0 Å². The summed E-state index contributed by atoms with van der Waals surface area (Å²) < 4.78 is 22.9. The van der Waals surface area contributed by atoms with Gasteiger partial charge in [0.15, 0.2) is 34.5 Å². The fourth-order valence-electron chi connectivity index (χ4n) is 6.30. The lowest BCUT2D eigenvalue weighted by molar-refractivity contribution is 0.101. The van der Waals surface area contributed by atoms with Gasteiger partial charge in [0.2, 0.25) is 0 Å². The fraction of sp³-hybridized carbons (Fsp3) is 0.400. The molecule has 3 aromatic carbocycles. The Balaban J connectivity index is 1.75. The molecular formula is C30H34O9. The van der Waals surface area contributed by atoms with Gasteiger partial charge < -0.3 is 44.5 Å². The molecule has 0 radical (unpaired) electrons. The van der Waals surface area contributed by atoms with Crippen molar-refractivity contribution in [3.8, 4) is 34.5 Å². The van der Waals surface area contributed by atoms with Gasteiger partial charge in [0.05, 0.1) is 33.9 Å². The average Bonchev–Trinajstić information content (AvgIpc) is 3.35. The first-order chi connectivity index (χ1) is 18.9. The van der Waals surface area contributed by atoms with Gasteiger partial charge in [0, 0.05) is 24.7 Å². The second-order valence-electron chi connectivity index (χ2n) is 10.1. The summed E-state index contributed by atoms with van der Waals surface area (Å²) in [6, 6.07) is 11.9. The van der Waals surface area contributed by atoms with Gasteiger partial charge in [0.25, 0.3) is 0 Å². The minimum Gasteiger partial charge on any atom is -0.504 e. The Morgan fingerprint density at radius 3 is 1.92 bits per heavy atom. The van der Waals surface area contributed by atoms with E-state index in [4.69, 9.17) is 18.9 Å². The summed E-state index contributed by atoms with van der Waals surface area (Å²) in [5, 5.41) is 52.0. The van der Waals surface area contributed by atoms with Crippen molar-refractivity contribution in [2.24, 2.45) is 11.8 Å². The van der Waals surface area contributed by atoms with Gasteiger partial charge in [-0.25, -0.2) is 0 Å². The molecule has 0 spiro atoms. The Labute approximate surface area is 226 Å². The van der Waals surface area contributed by atoms with Crippen LogP contribution in [-0.4, -0.2) is 66.7 Å². The fourth-order valence-corrected chi connectivity index (χ4v) is 6.30. The zero-order valence-electron chi connectivity index (χ0n) is 22.1. The molecule has 39 heavy (non-hydrogen) atoms. The molecule has 0 bridgehead atoms. The summed E-state index contributed by atoms with van der Waals surface area (Å²) in [4.78, 5) is 0. The van der Waals surface area contributed by atoms with Crippen molar-refractivity contribution in [1.29, 1.82) is 0 Å². The number of hydrogen-bond donors (Lipinski definition) is 5. The molecule has 208 valence electrons. The van der Waals surface area contributed by atoms with Gasteiger partial charge in [0.1, 0.15) is 6.10 Å². The number of fused-ring (bicyclic) bond motifs is 3. The topological polar surface area (TPSA) is 138 Å². The zero-order chi connectivity index (χ0) is 27.8. The predicted molar refractivity (Wildman–Crippen MR) is 142 cm³/mol. The van der Waals surface area contributed by atoms with E-state index in [1.54, 1.807) is 37.4 Å². The highest BCUT2D eigenvalue weighted by atomic mass is 16.5. The molecular weight excluding hydrogens is 504 g/mol. The molecule has 5 N–H and O–H groups in total. The Morgan fingerprint density at radius 2 is 1.36 bits per heavy atom. The Morgan fingerprint density at radius 1 is 0.744 bits per heavy atom. The zero-order valence-corrected chi connectivity index (χ0v) is 22.1. The summed E-state index contributed by atoms with van der Waals surface area (Å²) in [5.41, 5.74) is 4.10. The first kappa shape index (κ1) is 26.9. The van der Waals surface area contributed by atoms with E-state index in [1.165, 1.54) is 20.3 Å². The maximum Gasteiger partial charge on any atom is 0.166 e. The van der Waals surface area contributed by atoms with Crippen LogP contribution in [0.3, 0.4) is 0 Å². The molecule has 1 aliphatic carbocycles. The van der Waals surface area contributed by atoms with Gasteiger partial charge in [-0.2, -0.15) is 0 Å². The molecule has 3 aromatic rings. The monoisotopic (exact) mass is 538 g/mol. The number of aliphatic hydroxyl groups excluding tert-OH is 3. The number of benzene rings is 3. The SMILES string of the molecule is COc1cc([C@H]2c3c(cc(OC)c4c3[C@H](CO)[C@H](c3ccc(O)c(OC)c3)O4)C[C@H](CO)[C@H]2CO)ccc1O. The van der Waals surface area contributed by atoms with Crippen molar-refractivity contribution in [2.75, 3.05) is 41.2 Å². The van der Waals surface area contributed by atoms with Crippen molar-refractivity contribution in [2.45, 2.75) is 24.4 Å². The van der Waals surface area contributed by atoms with Crippen LogP contribution >= 0.6 is 0 Å². The predicted octanol–water partition coefficient (Wildman–Crippen LogP) is 3.24. The van der Waals surface area contributed by atoms with Gasteiger partial charge in [-0.15, -0.1) is 0 Å². The first-order valence-electron chi connectivity index (χ1n) is 12.9. The Kier molecular flexibility index (Phi) is 7.48. The van der Waals surface area contributed by atoms with Gasteiger partial charge in [-0.05, 0) is 70.8 Å². The van der Waals surface area contributed by atoms with Gasteiger partial charge in [-0.3, -0.25) is 0 Å². The number of methoxy groups -OCH3 is 3. The molecule has 0 amide bonds. The van der Waals surface area contributed by atoms with E-state index in [2.05, 4.69) is 0 Å². The smallest absolute Gasteiger partial charge is 0.166 e. The molecule has 0 aromatic heterocycles. The molecule has 0 saturated carbocycles. The third-order valence-corrected chi connectivity index (χ3v) is 8.17. The van der Waals surface area contributed by atoms with Crippen molar-refractivity contribution in [1.82, 2.24) is 0 Å². The number of aliphatic hydroxyl groups is 3. The van der Waals surface area contributed by atoms with Crippen LogP contribution in [0.2, 0.25) is 0 Å². The number of rotatable bonds is 8. The largest absolute Gasteiger partial charge is 0.504 e. The molecule has 9 heteroatoms. The molecule has 0 fully saturated rings. The standard InChI is InChI=1S/C30H34O9/c1-36-23-9-15(4-6-21(23)34)26-19(13-32)18(12-31)8-17-11-25(38-3)30-28(27(17)26)20(14-33)29(39-30)16-5-7-22(35)24(10-16)37-2/h4-7,9-11,18-20,26,29,31-35H,8,12-14H2,1-3H3/t18-,19-,20+,26-,29+/m1/s1. The highest BCUT2D eigenvalue weighted by molar-refractivity contribution is 5.63. The molecule has 5 rings (SSSR count). The molecule has 0 saturated heterocycles. The van der Waals surface area contributed by atoms with E-state index in [-0.39, 0.29) is 48.9 Å². The third kappa shape index (κ3) is 4.40. The molecule has 1 heterocycles. The molecule has 2 aliphatic rings. The van der Waals surface area contributed by atoms with Crippen LogP contribution in [0.1, 0.15) is 45.8 Å². The number of hydrogen-bond acceptors (Lipinski definition) is 9. The van der Waals surface area contributed by atoms with Crippen LogP contribution in [0.4, 0.5) is 0 Å². The van der Waals surface area contributed by atoms with Crippen LogP contribution < -0.4 is 18.9 Å². The second kappa shape index (κ2) is 10.8. The van der Waals surface area contributed by atoms with Crippen LogP contribution in [0, 0.1) is 11.8 Å². The summed E-state index contributed by atoms with van der Waals surface area (Å²) in [6.45, 7) is -0.534. The number of ether oxygens (including phenoxy) is 4. The molecule has 5 atom stereocenters. The van der Waals surface area contributed by atoms with Gasteiger partial charge in [-0.1, -0.05) is 12.1 Å². The quantitative estimate of drug-likeness (QED) is 0.293. The van der Waals surface area contributed by atoms with Crippen molar-refractivity contribution in [3.05, 3.63) is 70.3 Å². The summed E-state index contributed by atoms with van der Waals surface area (Å²) in [6.07, 6.45) is -0.0968. The van der Waals surface area contributed by atoms with E-state index < -0.39 is 17.9 Å². The van der Waals surface area contributed by atoms with Crippen molar-refractivity contribution >= 4 is 0 Å². The highest BCUT2D eigenvalue weighted by Gasteiger charge is 2.46. The first-order valence-corrected chi connectivity index (χ1v) is 12.9. The van der Waals surface area contributed by atoms with Crippen LogP contribution in [0.25, 0.3) is 0 Å². The lowest BCUT2D eigenvalue weighted by Crippen LogP contribution is -2.36. The van der Waals surface area contributed by atoms with E-state index >= 15 is 0 Å². The maximum atomic E-state index is 10.7. The molecule has 9 nitrogen and oxygen atoms in total. The lowest BCUT2D eigenvalue weighted by Gasteiger charge is -2.40. The second-order valence-corrected chi connectivity index (χ2v) is 10.1. The van der Waals surface area contributed by atoms with Crippen LogP contribution in [-0.2, 0) is 6.42 Å². The van der Waals surface area contributed by atoms with E-state index in [0.717, 1.165) is 22.3 Å². The molecule has 1 aliphatic heterocycles. The summed E-state index contributed by atoms with van der Waals surface area (Å²) in [5.74, 6) is 0.121. The minimum atomic E-state index is -0.599. The summed E-state index contributed by atoms with van der Waals surface area (Å²) in [7, 11) is 4.50. The van der Waals surface area contributed by atoms with Crippen LogP contribution in [0.15, 0.2) is 42.5 Å². The Hall–Kier alpha value is -3.66. The average molecular weight is 539 g/mol. The number of aromatic hydroxyl groups is 2. The minimum absolute atomic E-state index is 0.00514.